The monoisotopic (exact) mass is 269 g/mol. The molecule has 92 valence electrons. The van der Waals surface area contributed by atoms with E-state index in [1.807, 2.05) is 0 Å². The molecule has 1 heterocycles. The molecular formula is C6H12N3O5PS. The van der Waals surface area contributed by atoms with E-state index >= 15 is 0 Å². The number of H-pyrrole nitrogens is 1. The lowest BCUT2D eigenvalue weighted by molar-refractivity contribution is 0.371. The minimum atomic E-state index is -4.22. The maximum absolute atomic E-state index is 11.4. The van der Waals surface area contributed by atoms with E-state index in [-0.39, 0.29) is 12.2 Å². The molecule has 10 heteroatoms. The molecule has 1 atom stereocenters. The van der Waals surface area contributed by atoms with Crippen molar-refractivity contribution in [3.63, 3.8) is 0 Å². The second kappa shape index (κ2) is 4.62. The molecule has 0 amide bonds. The molecule has 1 unspecified atom stereocenters. The van der Waals surface area contributed by atoms with Gasteiger partial charge in [0.1, 0.15) is 11.6 Å². The average molecular weight is 269 g/mol. The Hall–Kier alpha value is -0.760. The van der Waals surface area contributed by atoms with Gasteiger partial charge in [-0.3, -0.25) is 9.66 Å². The van der Waals surface area contributed by atoms with E-state index in [0.717, 1.165) is 6.26 Å². The van der Waals surface area contributed by atoms with E-state index in [4.69, 9.17) is 9.79 Å². The van der Waals surface area contributed by atoms with Gasteiger partial charge in [0.15, 0.2) is 15.7 Å². The average Bonchev–Trinajstić information content (AvgIpc) is 2.52. The van der Waals surface area contributed by atoms with Gasteiger partial charge in [-0.2, -0.15) is 5.10 Å². The van der Waals surface area contributed by atoms with Crippen LogP contribution in [0.5, 0.6) is 0 Å². The van der Waals surface area contributed by atoms with Gasteiger partial charge < -0.3 is 9.79 Å². The smallest absolute Gasteiger partial charge is 0.324 e. The number of nitrogens with zero attached hydrogens (tertiary/aromatic N) is 2. The summed E-state index contributed by atoms with van der Waals surface area (Å²) in [5.41, 5.74) is 0. The number of hydrogen-bond acceptors (Lipinski definition) is 5. The van der Waals surface area contributed by atoms with Crippen molar-refractivity contribution < 1.29 is 22.8 Å². The van der Waals surface area contributed by atoms with E-state index in [0.29, 0.717) is 0 Å². The molecule has 0 aliphatic heterocycles. The molecule has 8 nitrogen and oxygen atoms in total. The molecule has 0 aliphatic carbocycles. The van der Waals surface area contributed by atoms with Crippen molar-refractivity contribution in [1.82, 2.24) is 15.2 Å². The lowest BCUT2D eigenvalue weighted by Gasteiger charge is -2.11. The summed E-state index contributed by atoms with van der Waals surface area (Å²) < 4.78 is 33.5. The quantitative estimate of drug-likeness (QED) is 0.611. The molecule has 0 saturated carbocycles. The third kappa shape index (κ3) is 4.01. The predicted octanol–water partition coefficient (Wildman–Crippen LogP) is -0.542. The second-order valence-corrected chi connectivity index (χ2v) is 7.36. The minimum Gasteiger partial charge on any atom is -0.324 e. The number of sulfone groups is 1. The van der Waals surface area contributed by atoms with Gasteiger partial charge in [0.2, 0.25) is 0 Å². The van der Waals surface area contributed by atoms with Crippen LogP contribution in [0.15, 0.2) is 6.33 Å². The van der Waals surface area contributed by atoms with E-state index < -0.39 is 28.8 Å². The highest BCUT2D eigenvalue weighted by Gasteiger charge is 2.29. The minimum absolute atomic E-state index is 0.0240. The number of hydrogen-bond donors (Lipinski definition) is 3. The number of rotatable bonds is 5. The van der Waals surface area contributed by atoms with Gasteiger partial charge in [-0.1, -0.05) is 0 Å². The molecule has 0 bridgehead atoms. The fourth-order valence-electron chi connectivity index (χ4n) is 1.19. The largest absolute Gasteiger partial charge is 0.325 e. The Balaban J connectivity index is 2.87. The Morgan fingerprint density at radius 3 is 2.56 bits per heavy atom. The van der Waals surface area contributed by atoms with E-state index in [9.17, 15) is 13.0 Å². The fraction of sp³-hybridized carbons (Fsp3) is 0.667. The Morgan fingerprint density at radius 1 is 1.56 bits per heavy atom. The van der Waals surface area contributed by atoms with Crippen LogP contribution in [0.2, 0.25) is 0 Å². The van der Waals surface area contributed by atoms with Gasteiger partial charge in [0.05, 0.1) is 6.16 Å². The van der Waals surface area contributed by atoms with Crippen molar-refractivity contribution in [2.24, 2.45) is 0 Å². The molecule has 16 heavy (non-hydrogen) atoms. The van der Waals surface area contributed by atoms with Crippen LogP contribution in [-0.2, 0) is 14.4 Å². The van der Waals surface area contributed by atoms with Gasteiger partial charge >= 0.3 is 7.60 Å². The van der Waals surface area contributed by atoms with Crippen LogP contribution in [0.3, 0.4) is 0 Å². The molecule has 1 aromatic rings. The topological polar surface area (TPSA) is 133 Å². The Labute approximate surface area is 92.2 Å². The Bertz CT molecular complexity index is 478. The lowest BCUT2D eigenvalue weighted by Crippen LogP contribution is -2.15. The van der Waals surface area contributed by atoms with Crippen molar-refractivity contribution in [1.29, 1.82) is 0 Å². The van der Waals surface area contributed by atoms with Crippen LogP contribution in [-0.4, -0.2) is 45.8 Å². The molecule has 0 aromatic carbocycles. The zero-order chi connectivity index (χ0) is 12.4. The summed E-state index contributed by atoms with van der Waals surface area (Å²) in [4.78, 5) is 21.1. The first-order chi connectivity index (χ1) is 7.20. The molecule has 0 spiro atoms. The number of aromatic amines is 1. The summed E-state index contributed by atoms with van der Waals surface area (Å²) in [6, 6.07) is 0. The van der Waals surface area contributed by atoms with Gasteiger partial charge in [-0.05, 0) is 6.42 Å². The maximum atomic E-state index is 11.4. The number of aromatic nitrogens is 3. The lowest BCUT2D eigenvalue weighted by atomic mass is 10.3. The van der Waals surface area contributed by atoms with Crippen molar-refractivity contribution in [3.05, 3.63) is 12.2 Å². The molecule has 3 N–H and O–H groups in total. The predicted molar refractivity (Wildman–Crippen MR) is 55.5 cm³/mol. The van der Waals surface area contributed by atoms with Crippen molar-refractivity contribution in [2.45, 2.75) is 11.7 Å². The first-order valence-electron chi connectivity index (χ1n) is 4.29. The standard InChI is InChI=1S/C6H12N3O5PS/c1-16(13,14)5(2-3-15(10,11)12)6-7-4-8-9-6/h4-5H,2-3H2,1H3,(H,7,8,9)(H2,10,11,12). The van der Waals surface area contributed by atoms with Crippen LogP contribution >= 0.6 is 7.60 Å². The molecule has 1 aromatic heterocycles. The summed E-state index contributed by atoms with van der Waals surface area (Å²) in [6.07, 6.45) is 1.47. The second-order valence-electron chi connectivity index (χ2n) is 3.35. The highest BCUT2D eigenvalue weighted by atomic mass is 32.2. The van der Waals surface area contributed by atoms with Crippen molar-refractivity contribution in [3.8, 4) is 0 Å². The summed E-state index contributed by atoms with van der Waals surface area (Å²) in [5, 5.41) is 4.88. The zero-order valence-electron chi connectivity index (χ0n) is 8.44. The first kappa shape index (κ1) is 13.3. The Kier molecular flexibility index (Phi) is 3.84. The van der Waals surface area contributed by atoms with Crippen molar-refractivity contribution in [2.75, 3.05) is 12.4 Å². The molecule has 0 radical (unpaired) electrons. The fourth-order valence-corrected chi connectivity index (χ4v) is 3.01. The molecule has 1 rings (SSSR count). The molecule has 0 saturated heterocycles. The maximum Gasteiger partial charge on any atom is 0.325 e. The third-order valence-corrected chi connectivity index (χ3v) is 4.24. The molecule has 0 fully saturated rings. The summed E-state index contributed by atoms with van der Waals surface area (Å²) in [6.45, 7) is 0. The van der Waals surface area contributed by atoms with Crippen LogP contribution in [0, 0.1) is 0 Å². The zero-order valence-corrected chi connectivity index (χ0v) is 10.1. The normalized spacial score (nSPS) is 14.9. The van der Waals surface area contributed by atoms with E-state index in [1.165, 1.54) is 6.33 Å². The summed E-state index contributed by atoms with van der Waals surface area (Å²) >= 11 is 0. The van der Waals surface area contributed by atoms with E-state index in [2.05, 4.69) is 15.2 Å². The number of nitrogens with one attached hydrogen (secondary N) is 1. The van der Waals surface area contributed by atoms with Crippen LogP contribution in [0.4, 0.5) is 0 Å². The van der Waals surface area contributed by atoms with Gasteiger partial charge in [-0.15, -0.1) is 0 Å². The van der Waals surface area contributed by atoms with Crippen LogP contribution < -0.4 is 0 Å². The van der Waals surface area contributed by atoms with Crippen molar-refractivity contribution >= 4 is 17.4 Å². The Morgan fingerprint density at radius 2 is 2.19 bits per heavy atom. The SMILES string of the molecule is CS(=O)(=O)C(CCP(=O)(O)O)c1nc[nH]n1. The van der Waals surface area contributed by atoms with Crippen LogP contribution in [0.1, 0.15) is 17.5 Å². The summed E-state index contributed by atoms with van der Waals surface area (Å²) in [7, 11) is -7.72. The molecular weight excluding hydrogens is 257 g/mol. The first-order valence-corrected chi connectivity index (χ1v) is 8.04. The highest BCUT2D eigenvalue weighted by molar-refractivity contribution is 7.90. The van der Waals surface area contributed by atoms with Gasteiger partial charge in [0, 0.05) is 6.26 Å². The van der Waals surface area contributed by atoms with E-state index in [1.54, 1.807) is 0 Å². The summed E-state index contributed by atoms with van der Waals surface area (Å²) in [5.74, 6) is 0.0240. The third-order valence-electron chi connectivity index (χ3n) is 1.92. The van der Waals surface area contributed by atoms with Crippen LogP contribution in [0.25, 0.3) is 0 Å². The highest BCUT2D eigenvalue weighted by Crippen LogP contribution is 2.38. The van der Waals surface area contributed by atoms with Gasteiger partial charge in [-0.25, -0.2) is 13.4 Å². The van der Waals surface area contributed by atoms with Gasteiger partial charge in [0.25, 0.3) is 0 Å². The molecule has 0 aliphatic rings.